The SMILES string of the molecule is CC1(C)OC2OC(CO/C(O)=C\[N+]#N)C3OC(C)(C)OC3C2O1. The number of aliphatic hydroxyl groups is 1. The summed E-state index contributed by atoms with van der Waals surface area (Å²) < 4.78 is 34.4. The minimum atomic E-state index is -0.791. The molecule has 3 aliphatic rings. The number of diazo groups is 1. The number of fused-ring (bicyclic) bond motifs is 3. The Morgan fingerprint density at radius 2 is 1.70 bits per heavy atom. The van der Waals surface area contributed by atoms with Crippen LogP contribution < -0.4 is 0 Å². The summed E-state index contributed by atoms with van der Waals surface area (Å²) in [5.74, 6) is -2.11. The van der Waals surface area contributed by atoms with Crippen LogP contribution in [0.15, 0.2) is 12.1 Å². The molecule has 5 atom stereocenters. The highest BCUT2D eigenvalue weighted by atomic mass is 16.9. The van der Waals surface area contributed by atoms with Gasteiger partial charge in [0.1, 0.15) is 31.0 Å². The highest BCUT2D eigenvalue weighted by Crippen LogP contribution is 2.44. The van der Waals surface area contributed by atoms with E-state index in [1.807, 2.05) is 0 Å². The van der Waals surface area contributed by atoms with Crippen LogP contribution in [0.3, 0.4) is 0 Å². The lowest BCUT2D eigenvalue weighted by Gasteiger charge is -2.36. The first-order valence-electron chi connectivity index (χ1n) is 7.44. The van der Waals surface area contributed by atoms with Gasteiger partial charge in [-0.15, -0.1) is 0 Å². The van der Waals surface area contributed by atoms with Gasteiger partial charge < -0.3 is 33.5 Å². The van der Waals surface area contributed by atoms with Crippen LogP contribution in [0.2, 0.25) is 0 Å². The summed E-state index contributed by atoms with van der Waals surface area (Å²) in [5, 5.41) is 17.8. The molecule has 3 aliphatic heterocycles. The molecule has 9 heteroatoms. The number of rotatable bonds is 3. The summed E-state index contributed by atoms with van der Waals surface area (Å²) in [6, 6.07) is 0. The van der Waals surface area contributed by atoms with Gasteiger partial charge in [-0.3, -0.25) is 0 Å². The van der Waals surface area contributed by atoms with Gasteiger partial charge in [-0.2, -0.15) is 0 Å². The van der Waals surface area contributed by atoms with Crippen molar-refractivity contribution < 1.29 is 33.5 Å². The lowest BCUT2D eigenvalue weighted by molar-refractivity contribution is -0.242. The maximum Gasteiger partial charge on any atom is 0.429 e. The summed E-state index contributed by atoms with van der Waals surface area (Å²) in [6.07, 6.45) is -1.63. The van der Waals surface area contributed by atoms with Crippen molar-refractivity contribution in [2.45, 2.75) is 70.0 Å². The molecular formula is C14H21N2O7+. The molecule has 3 heterocycles. The Balaban J connectivity index is 1.76. The molecule has 3 rings (SSSR count). The molecule has 0 radical (unpaired) electrons. The maximum atomic E-state index is 9.40. The topological polar surface area (TPSA) is 104 Å². The number of hydrogen-bond donors (Lipinski definition) is 1. The highest BCUT2D eigenvalue weighted by molar-refractivity contribution is 5.00. The van der Waals surface area contributed by atoms with Gasteiger partial charge in [-0.25, -0.2) is 0 Å². The van der Waals surface area contributed by atoms with Crippen LogP contribution in [-0.4, -0.2) is 54.0 Å². The van der Waals surface area contributed by atoms with Crippen molar-refractivity contribution in [3.05, 3.63) is 17.1 Å². The molecule has 1 N–H and O–H groups in total. The molecule has 5 unspecified atom stereocenters. The highest BCUT2D eigenvalue weighted by Gasteiger charge is 2.60. The van der Waals surface area contributed by atoms with Gasteiger partial charge in [0, 0.05) is 0 Å². The molecule has 0 aromatic heterocycles. The van der Waals surface area contributed by atoms with Crippen LogP contribution >= 0.6 is 0 Å². The predicted molar refractivity (Wildman–Crippen MR) is 74.3 cm³/mol. The van der Waals surface area contributed by atoms with Crippen LogP contribution in [0.4, 0.5) is 0 Å². The van der Waals surface area contributed by atoms with Gasteiger partial charge in [0.15, 0.2) is 22.8 Å². The minimum absolute atomic E-state index is 0.0224. The van der Waals surface area contributed by atoms with Gasteiger partial charge in [0.2, 0.25) is 5.39 Å². The second kappa shape index (κ2) is 5.58. The van der Waals surface area contributed by atoms with Crippen molar-refractivity contribution >= 4 is 0 Å². The number of hydrogen-bond acceptors (Lipinski definition) is 8. The Morgan fingerprint density at radius 3 is 2.39 bits per heavy atom. The maximum absolute atomic E-state index is 9.40. The van der Waals surface area contributed by atoms with E-state index < -0.39 is 42.1 Å². The molecule has 0 bridgehead atoms. The Morgan fingerprint density at radius 1 is 1.09 bits per heavy atom. The van der Waals surface area contributed by atoms with E-state index in [9.17, 15) is 5.11 Å². The van der Waals surface area contributed by atoms with Crippen molar-refractivity contribution in [3.63, 3.8) is 0 Å². The molecule has 128 valence electrons. The second-order valence-corrected chi connectivity index (χ2v) is 6.60. The molecule has 0 aliphatic carbocycles. The third-order valence-electron chi connectivity index (χ3n) is 3.81. The zero-order valence-electron chi connectivity index (χ0n) is 13.5. The van der Waals surface area contributed by atoms with E-state index in [1.165, 1.54) is 0 Å². The number of nitrogens with zero attached hydrogens (tertiary/aromatic N) is 2. The van der Waals surface area contributed by atoms with Crippen molar-refractivity contribution in [1.29, 1.82) is 5.39 Å². The molecule has 0 spiro atoms. The molecular weight excluding hydrogens is 308 g/mol. The van der Waals surface area contributed by atoms with Crippen molar-refractivity contribution in [3.8, 4) is 0 Å². The number of ether oxygens (including phenoxy) is 6. The third-order valence-corrected chi connectivity index (χ3v) is 3.81. The third kappa shape index (κ3) is 3.27. The summed E-state index contributed by atoms with van der Waals surface area (Å²) in [5.41, 5.74) is 0. The first-order valence-corrected chi connectivity index (χ1v) is 7.44. The zero-order chi connectivity index (χ0) is 16.8. The van der Waals surface area contributed by atoms with Gasteiger partial charge in [0.25, 0.3) is 0 Å². The van der Waals surface area contributed by atoms with Crippen LogP contribution in [0.5, 0.6) is 0 Å². The molecule has 0 amide bonds. The van der Waals surface area contributed by atoms with Gasteiger partial charge in [-0.05, 0) is 27.7 Å². The predicted octanol–water partition coefficient (Wildman–Crippen LogP) is 1.61. The minimum Gasteiger partial charge on any atom is -0.476 e. The van der Waals surface area contributed by atoms with E-state index in [2.05, 4.69) is 4.98 Å². The van der Waals surface area contributed by atoms with Crippen LogP contribution in [0, 0.1) is 5.39 Å². The lowest BCUT2D eigenvalue weighted by Crippen LogP contribution is -2.56. The Kier molecular flexibility index (Phi) is 3.98. The van der Waals surface area contributed by atoms with E-state index in [0.717, 1.165) is 6.20 Å². The Labute approximate surface area is 133 Å². The quantitative estimate of drug-likeness (QED) is 0.615. The van der Waals surface area contributed by atoms with E-state index >= 15 is 0 Å². The standard InChI is InChI=1S/C14H20N2O7/c1-13(2)20-9-7(6-18-8(17)5-16-15)19-12-11(10(9)21-13)22-14(3,4)23-12/h5,7,9-12H,6H2,1-4H3/p+1/b8-5-. The summed E-state index contributed by atoms with van der Waals surface area (Å²) in [4.78, 5) is 2.68. The van der Waals surface area contributed by atoms with Crippen LogP contribution in [-0.2, 0) is 28.4 Å². The lowest BCUT2D eigenvalue weighted by atomic mass is 9.99. The fourth-order valence-corrected chi connectivity index (χ4v) is 3.08. The van der Waals surface area contributed by atoms with E-state index in [4.69, 9.17) is 33.8 Å². The summed E-state index contributed by atoms with van der Waals surface area (Å²) in [7, 11) is 0. The van der Waals surface area contributed by atoms with Gasteiger partial charge in [-0.1, -0.05) is 0 Å². The molecule has 0 aromatic carbocycles. The Hall–Kier alpha value is -1.44. The van der Waals surface area contributed by atoms with Crippen LogP contribution in [0.1, 0.15) is 27.7 Å². The van der Waals surface area contributed by atoms with Crippen molar-refractivity contribution in [1.82, 2.24) is 0 Å². The second-order valence-electron chi connectivity index (χ2n) is 6.60. The fourth-order valence-electron chi connectivity index (χ4n) is 3.08. The molecule has 0 aromatic rings. The Bertz CT molecular complexity index is 542. The average Bonchev–Trinajstić information content (AvgIpc) is 2.90. The molecule has 9 nitrogen and oxygen atoms in total. The summed E-state index contributed by atoms with van der Waals surface area (Å²) in [6.45, 7) is 7.19. The van der Waals surface area contributed by atoms with Gasteiger partial charge in [0.05, 0.1) is 0 Å². The zero-order valence-corrected chi connectivity index (χ0v) is 13.5. The molecule has 23 heavy (non-hydrogen) atoms. The van der Waals surface area contributed by atoms with E-state index in [0.29, 0.717) is 0 Å². The number of aliphatic hydroxyl groups excluding tert-OH is 1. The fraction of sp³-hybridized carbons (Fsp3) is 0.857. The van der Waals surface area contributed by atoms with Crippen molar-refractivity contribution in [2.24, 2.45) is 0 Å². The average molecular weight is 329 g/mol. The largest absolute Gasteiger partial charge is 0.476 e. The van der Waals surface area contributed by atoms with E-state index in [1.54, 1.807) is 27.7 Å². The smallest absolute Gasteiger partial charge is 0.429 e. The molecule has 0 saturated carbocycles. The first kappa shape index (κ1) is 16.4. The van der Waals surface area contributed by atoms with E-state index in [-0.39, 0.29) is 12.7 Å². The summed E-state index contributed by atoms with van der Waals surface area (Å²) >= 11 is 0. The van der Waals surface area contributed by atoms with Gasteiger partial charge >= 0.3 is 12.1 Å². The monoisotopic (exact) mass is 329 g/mol. The molecule has 3 saturated heterocycles. The molecule has 3 fully saturated rings. The van der Waals surface area contributed by atoms with Crippen molar-refractivity contribution in [2.75, 3.05) is 6.61 Å². The van der Waals surface area contributed by atoms with Crippen LogP contribution in [0.25, 0.3) is 4.98 Å². The normalized spacial score (nSPS) is 41.0. The first-order chi connectivity index (χ1) is 10.7.